The lowest BCUT2D eigenvalue weighted by Gasteiger charge is -2.18. The molecular formula is C17H24N4O2S. The number of hydrogen-bond acceptors (Lipinski definition) is 4. The number of benzene rings is 1. The summed E-state index contributed by atoms with van der Waals surface area (Å²) in [6.07, 6.45) is 1.74. The van der Waals surface area contributed by atoms with Crippen LogP contribution in [0.4, 0.5) is 0 Å². The summed E-state index contributed by atoms with van der Waals surface area (Å²) in [6, 6.07) is 7.86. The van der Waals surface area contributed by atoms with Gasteiger partial charge in [-0.05, 0) is 37.7 Å². The van der Waals surface area contributed by atoms with E-state index in [1.54, 1.807) is 16.5 Å². The molecular weight excluding hydrogens is 324 g/mol. The molecule has 0 unspecified atom stereocenters. The van der Waals surface area contributed by atoms with Crippen molar-refractivity contribution in [3.63, 3.8) is 0 Å². The van der Waals surface area contributed by atoms with Crippen LogP contribution in [0.25, 0.3) is 0 Å². The first-order chi connectivity index (χ1) is 11.5. The molecule has 1 aromatic carbocycles. The third-order valence-corrected chi connectivity index (χ3v) is 4.06. The maximum absolute atomic E-state index is 12.4. The van der Waals surface area contributed by atoms with Crippen molar-refractivity contribution in [3.05, 3.63) is 40.4 Å². The van der Waals surface area contributed by atoms with E-state index in [2.05, 4.69) is 17.1 Å². The van der Waals surface area contributed by atoms with Crippen molar-refractivity contribution < 1.29 is 9.53 Å². The molecule has 24 heavy (non-hydrogen) atoms. The minimum absolute atomic E-state index is 0.0163. The summed E-state index contributed by atoms with van der Waals surface area (Å²) in [6.45, 7) is 5.26. The predicted molar refractivity (Wildman–Crippen MR) is 95.7 cm³/mol. The Morgan fingerprint density at radius 1 is 1.38 bits per heavy atom. The maximum Gasteiger partial charge on any atom is 0.242 e. The normalized spacial score (nSPS) is 10.6. The molecule has 0 saturated heterocycles. The third kappa shape index (κ3) is 4.92. The van der Waals surface area contributed by atoms with Crippen LogP contribution in [-0.2, 0) is 17.8 Å². The summed E-state index contributed by atoms with van der Waals surface area (Å²) in [4.78, 5) is 14.0. The molecule has 1 aromatic heterocycles. The highest BCUT2D eigenvalue weighted by Crippen LogP contribution is 2.11. The molecule has 0 aliphatic rings. The number of aryl methyl sites for hydroxylation is 2. The topological polar surface area (TPSA) is 63.2 Å². The van der Waals surface area contributed by atoms with Crippen LogP contribution >= 0.6 is 12.2 Å². The van der Waals surface area contributed by atoms with Gasteiger partial charge in [-0.15, -0.1) is 0 Å². The van der Waals surface area contributed by atoms with E-state index in [0.717, 1.165) is 24.4 Å². The van der Waals surface area contributed by atoms with Crippen LogP contribution in [0.5, 0.6) is 5.75 Å². The van der Waals surface area contributed by atoms with E-state index in [1.165, 1.54) is 5.56 Å². The second kappa shape index (κ2) is 8.63. The Bertz CT molecular complexity index is 721. The van der Waals surface area contributed by atoms with Gasteiger partial charge in [-0.3, -0.25) is 14.5 Å². The zero-order valence-electron chi connectivity index (χ0n) is 14.4. The van der Waals surface area contributed by atoms with Crippen LogP contribution in [-0.4, -0.2) is 45.8 Å². The number of likely N-dealkylation sites (N-methyl/N-ethyl adjacent to an activating group) is 1. The van der Waals surface area contributed by atoms with Crippen molar-refractivity contribution >= 4 is 18.1 Å². The maximum atomic E-state index is 12.4. The first-order valence-corrected chi connectivity index (χ1v) is 8.49. The molecule has 130 valence electrons. The quantitative estimate of drug-likeness (QED) is 0.745. The van der Waals surface area contributed by atoms with Gasteiger partial charge in [0.1, 0.15) is 24.7 Å². The molecule has 0 spiro atoms. The average molecular weight is 348 g/mol. The van der Waals surface area contributed by atoms with Crippen LogP contribution in [0.3, 0.4) is 0 Å². The van der Waals surface area contributed by atoms with Crippen molar-refractivity contribution in [1.29, 1.82) is 0 Å². The lowest BCUT2D eigenvalue weighted by molar-refractivity contribution is -0.130. The molecule has 0 bridgehead atoms. The number of amides is 1. The number of nitrogens with zero attached hydrogens (tertiary/aromatic N) is 3. The molecule has 0 aliphatic heterocycles. The number of ether oxygens (including phenoxy) is 1. The monoisotopic (exact) mass is 348 g/mol. The van der Waals surface area contributed by atoms with E-state index in [4.69, 9.17) is 17.0 Å². The predicted octanol–water partition coefficient (Wildman–Crippen LogP) is 2.74. The van der Waals surface area contributed by atoms with Gasteiger partial charge in [0.05, 0.1) is 6.54 Å². The summed E-state index contributed by atoms with van der Waals surface area (Å²) in [5.41, 5.74) is 1.19. The highest BCUT2D eigenvalue weighted by atomic mass is 32.1. The fraction of sp³-hybridized carbons (Fsp3) is 0.471. The Morgan fingerprint density at radius 3 is 2.75 bits per heavy atom. The van der Waals surface area contributed by atoms with Gasteiger partial charge in [-0.2, -0.15) is 5.10 Å². The summed E-state index contributed by atoms with van der Waals surface area (Å²) in [5.74, 6) is 1.61. The molecule has 6 nitrogen and oxygen atoms in total. The van der Waals surface area contributed by atoms with E-state index >= 15 is 0 Å². The van der Waals surface area contributed by atoms with Crippen LogP contribution in [0.1, 0.15) is 24.7 Å². The highest BCUT2D eigenvalue weighted by molar-refractivity contribution is 7.71. The van der Waals surface area contributed by atoms with Crippen molar-refractivity contribution in [1.82, 2.24) is 19.7 Å². The number of carbonyl (C=O) groups is 1. The number of aromatic nitrogens is 3. The molecule has 1 amide bonds. The molecule has 0 aliphatic carbocycles. The largest absolute Gasteiger partial charge is 0.492 e. The van der Waals surface area contributed by atoms with Crippen molar-refractivity contribution in [2.75, 3.05) is 20.2 Å². The molecule has 1 heterocycles. The smallest absolute Gasteiger partial charge is 0.242 e. The molecule has 0 atom stereocenters. The number of carbonyl (C=O) groups excluding carboxylic acids is 1. The zero-order valence-corrected chi connectivity index (χ0v) is 15.2. The SMILES string of the molecule is CCCc1n[nH]c(=S)n1CC(=O)N(C)CCOc1ccc(C)cc1. The summed E-state index contributed by atoms with van der Waals surface area (Å²) in [5, 5.41) is 6.93. The number of nitrogens with one attached hydrogen (secondary N) is 1. The second-order valence-electron chi connectivity index (χ2n) is 5.76. The highest BCUT2D eigenvalue weighted by Gasteiger charge is 2.13. The van der Waals surface area contributed by atoms with E-state index in [1.807, 2.05) is 31.2 Å². The van der Waals surface area contributed by atoms with Gasteiger partial charge in [0.2, 0.25) is 5.91 Å². The summed E-state index contributed by atoms with van der Waals surface area (Å²) in [7, 11) is 1.77. The van der Waals surface area contributed by atoms with Crippen LogP contribution in [0, 0.1) is 11.7 Å². The van der Waals surface area contributed by atoms with E-state index < -0.39 is 0 Å². The fourth-order valence-electron chi connectivity index (χ4n) is 2.24. The van der Waals surface area contributed by atoms with Gasteiger partial charge in [0.15, 0.2) is 4.77 Å². The van der Waals surface area contributed by atoms with Gasteiger partial charge in [-0.1, -0.05) is 24.6 Å². The molecule has 2 rings (SSSR count). The minimum Gasteiger partial charge on any atom is -0.492 e. The van der Waals surface area contributed by atoms with Gasteiger partial charge in [-0.25, -0.2) is 0 Å². The van der Waals surface area contributed by atoms with Crippen molar-refractivity contribution in [2.45, 2.75) is 33.2 Å². The van der Waals surface area contributed by atoms with E-state index in [-0.39, 0.29) is 12.5 Å². The average Bonchev–Trinajstić information content (AvgIpc) is 2.90. The number of aromatic amines is 1. The molecule has 7 heteroatoms. The molecule has 1 N–H and O–H groups in total. The molecule has 0 saturated carbocycles. The third-order valence-electron chi connectivity index (χ3n) is 3.75. The van der Waals surface area contributed by atoms with Gasteiger partial charge < -0.3 is 9.64 Å². The van der Waals surface area contributed by atoms with Gasteiger partial charge in [0.25, 0.3) is 0 Å². The van der Waals surface area contributed by atoms with Crippen LogP contribution < -0.4 is 4.74 Å². The Labute approximate surface area is 147 Å². The first-order valence-electron chi connectivity index (χ1n) is 8.08. The summed E-state index contributed by atoms with van der Waals surface area (Å²) < 4.78 is 7.91. The van der Waals surface area contributed by atoms with Gasteiger partial charge in [0, 0.05) is 13.5 Å². The van der Waals surface area contributed by atoms with Crippen molar-refractivity contribution in [3.8, 4) is 5.75 Å². The second-order valence-corrected chi connectivity index (χ2v) is 6.14. The minimum atomic E-state index is -0.0163. The van der Waals surface area contributed by atoms with E-state index in [0.29, 0.717) is 17.9 Å². The van der Waals surface area contributed by atoms with Gasteiger partial charge >= 0.3 is 0 Å². The molecule has 2 aromatic rings. The van der Waals surface area contributed by atoms with Crippen LogP contribution in [0.2, 0.25) is 0 Å². The van der Waals surface area contributed by atoms with Crippen LogP contribution in [0.15, 0.2) is 24.3 Å². The summed E-state index contributed by atoms with van der Waals surface area (Å²) >= 11 is 5.20. The molecule has 0 fully saturated rings. The van der Waals surface area contributed by atoms with Crippen molar-refractivity contribution in [2.24, 2.45) is 0 Å². The Hall–Kier alpha value is -2.15. The Kier molecular flexibility index (Phi) is 6.54. The fourth-order valence-corrected chi connectivity index (χ4v) is 2.46. The zero-order chi connectivity index (χ0) is 17.5. The molecule has 0 radical (unpaired) electrons. The lowest BCUT2D eigenvalue weighted by Crippen LogP contribution is -2.34. The standard InChI is InChI=1S/C17H24N4O2S/c1-4-5-15-18-19-17(24)21(15)12-16(22)20(3)10-11-23-14-8-6-13(2)7-9-14/h6-9H,4-5,10-12H2,1-3H3,(H,19,24). The van der Waals surface area contributed by atoms with E-state index in [9.17, 15) is 4.79 Å². The number of rotatable bonds is 8. The lowest BCUT2D eigenvalue weighted by atomic mass is 10.2. The Balaban J connectivity index is 1.85. The number of hydrogen-bond donors (Lipinski definition) is 1. The number of H-pyrrole nitrogens is 1. The first kappa shape index (κ1) is 18.2. The Morgan fingerprint density at radius 2 is 2.08 bits per heavy atom.